The van der Waals surface area contributed by atoms with Crippen molar-refractivity contribution in [1.29, 1.82) is 0 Å². The summed E-state index contributed by atoms with van der Waals surface area (Å²) in [4.78, 5) is 24.7. The molecular formula is C79H128O5. The van der Waals surface area contributed by atoms with Crippen LogP contribution in [0.3, 0.4) is 0 Å². The fourth-order valence-electron chi connectivity index (χ4n) is 9.40. The van der Waals surface area contributed by atoms with Gasteiger partial charge in [0.05, 0.1) is 6.61 Å². The summed E-state index contributed by atoms with van der Waals surface area (Å²) >= 11 is 0. The fraction of sp³-hybridized carbons (Fsp3) is 0.620. The zero-order chi connectivity index (χ0) is 60.5. The number of ether oxygens (including phenoxy) is 2. The largest absolute Gasteiger partial charge is 0.462 e. The summed E-state index contributed by atoms with van der Waals surface area (Å²) in [6.45, 7) is 3.92. The zero-order valence-corrected chi connectivity index (χ0v) is 54.4. The lowest BCUT2D eigenvalue weighted by Gasteiger charge is -2.15. The molecule has 0 rings (SSSR count). The van der Waals surface area contributed by atoms with Gasteiger partial charge in [0.2, 0.25) is 0 Å². The van der Waals surface area contributed by atoms with Crippen molar-refractivity contribution >= 4 is 11.9 Å². The Bertz CT molecular complexity index is 1840. The maximum atomic E-state index is 12.4. The number of carbonyl (C=O) groups excluding carboxylic acids is 2. The number of allylic oxidation sites excluding steroid dienone is 28. The minimum Gasteiger partial charge on any atom is -0.462 e. The molecule has 0 saturated heterocycles. The van der Waals surface area contributed by atoms with Gasteiger partial charge in [-0.2, -0.15) is 0 Å². The van der Waals surface area contributed by atoms with Crippen molar-refractivity contribution in [2.45, 2.75) is 302 Å². The van der Waals surface area contributed by atoms with Crippen molar-refractivity contribution in [3.8, 4) is 0 Å². The highest BCUT2D eigenvalue weighted by molar-refractivity contribution is 5.70. The van der Waals surface area contributed by atoms with E-state index in [0.717, 1.165) is 135 Å². The monoisotopic (exact) mass is 1160 g/mol. The van der Waals surface area contributed by atoms with E-state index in [4.69, 9.17) is 9.47 Å². The van der Waals surface area contributed by atoms with Crippen LogP contribution in [-0.4, -0.2) is 36.4 Å². The molecule has 84 heavy (non-hydrogen) atoms. The van der Waals surface area contributed by atoms with E-state index in [1.165, 1.54) is 135 Å². The van der Waals surface area contributed by atoms with Gasteiger partial charge in [-0.3, -0.25) is 9.59 Å². The summed E-state index contributed by atoms with van der Waals surface area (Å²) in [6, 6.07) is 0. The second-order valence-electron chi connectivity index (χ2n) is 22.5. The molecule has 0 radical (unpaired) electrons. The van der Waals surface area contributed by atoms with Crippen LogP contribution in [0.4, 0.5) is 0 Å². The Morgan fingerprint density at radius 3 is 0.714 bits per heavy atom. The number of rotatable bonds is 62. The summed E-state index contributed by atoms with van der Waals surface area (Å²) in [5.74, 6) is -0.599. The molecule has 1 unspecified atom stereocenters. The summed E-state index contributed by atoms with van der Waals surface area (Å²) in [5, 5.41) is 9.70. The first-order valence-corrected chi connectivity index (χ1v) is 34.7. The number of carbonyl (C=O) groups is 2. The molecule has 0 fully saturated rings. The molecule has 0 aliphatic carbocycles. The fourth-order valence-corrected chi connectivity index (χ4v) is 9.40. The Morgan fingerprint density at radius 2 is 0.476 bits per heavy atom. The molecule has 5 nitrogen and oxygen atoms in total. The smallest absolute Gasteiger partial charge is 0.306 e. The molecule has 0 bridgehead atoms. The standard InChI is InChI=1S/C79H128O5/c1-3-5-7-9-11-13-15-17-19-21-23-25-27-29-31-33-35-36-37-38-39-40-41-42-44-46-48-50-52-54-56-58-60-62-64-66-68-70-72-74-79(82)84-77(75-80)76-83-78(81)73-71-69-67-65-63-61-59-57-55-53-51-49-47-45-43-34-32-30-28-26-24-22-20-18-16-14-12-10-8-6-4-2/h5-8,11-14,17-20,23-26,29-32,35-36,38-39,43,45,49,51,77,80H,3-4,9-10,15-16,21-22,27-28,33-34,37,40-42,44,46-48,50,52-76H2,1-2H3/b7-5-,8-6-,13-11-,14-12-,19-17-,20-18-,25-23-,26-24-,31-29-,32-30-,36-35-,39-38-,45-43-,51-49-. The van der Waals surface area contributed by atoms with E-state index in [-0.39, 0.29) is 25.2 Å². The molecule has 0 aromatic rings. The maximum Gasteiger partial charge on any atom is 0.306 e. The van der Waals surface area contributed by atoms with Gasteiger partial charge in [-0.25, -0.2) is 0 Å². The van der Waals surface area contributed by atoms with Gasteiger partial charge < -0.3 is 14.6 Å². The lowest BCUT2D eigenvalue weighted by Crippen LogP contribution is -2.28. The van der Waals surface area contributed by atoms with E-state index >= 15 is 0 Å². The quantitative estimate of drug-likeness (QED) is 0.0373. The summed E-state index contributed by atoms with van der Waals surface area (Å²) in [7, 11) is 0. The van der Waals surface area contributed by atoms with Crippen molar-refractivity contribution in [3.05, 3.63) is 170 Å². The Balaban J connectivity index is 3.52. The molecule has 1 N–H and O–H groups in total. The minimum atomic E-state index is -0.787. The van der Waals surface area contributed by atoms with E-state index in [1.807, 2.05) is 0 Å². The molecule has 0 aliphatic heterocycles. The Kier molecular flexibility index (Phi) is 68.4. The molecule has 0 amide bonds. The molecule has 0 spiro atoms. The molecule has 0 aliphatic rings. The summed E-state index contributed by atoms with van der Waals surface area (Å²) in [6.07, 6.45) is 112. The van der Waals surface area contributed by atoms with Crippen molar-refractivity contribution in [1.82, 2.24) is 0 Å². The van der Waals surface area contributed by atoms with Gasteiger partial charge in [-0.1, -0.05) is 325 Å². The van der Waals surface area contributed by atoms with Gasteiger partial charge in [0, 0.05) is 12.8 Å². The van der Waals surface area contributed by atoms with Gasteiger partial charge >= 0.3 is 11.9 Å². The van der Waals surface area contributed by atoms with Crippen LogP contribution in [0, 0.1) is 0 Å². The normalized spacial score (nSPS) is 13.3. The van der Waals surface area contributed by atoms with Gasteiger partial charge in [0.15, 0.2) is 6.10 Å². The highest BCUT2D eigenvalue weighted by Gasteiger charge is 2.16. The molecular weight excluding hydrogens is 1030 g/mol. The molecule has 474 valence electrons. The maximum absolute atomic E-state index is 12.4. The van der Waals surface area contributed by atoms with E-state index in [0.29, 0.717) is 12.8 Å². The van der Waals surface area contributed by atoms with Crippen LogP contribution in [0.1, 0.15) is 296 Å². The Labute approximate surface area is 519 Å². The zero-order valence-electron chi connectivity index (χ0n) is 54.4. The number of unbranched alkanes of at least 4 members (excludes halogenated alkanes) is 26. The number of aliphatic hydroxyl groups excluding tert-OH is 1. The van der Waals surface area contributed by atoms with Crippen LogP contribution in [0.2, 0.25) is 0 Å². The predicted octanol–water partition coefficient (Wildman–Crippen LogP) is 24.4. The third kappa shape index (κ3) is 69.8. The van der Waals surface area contributed by atoms with Gasteiger partial charge in [-0.05, 0) is 128 Å². The first kappa shape index (κ1) is 79.3. The number of hydrogen-bond acceptors (Lipinski definition) is 5. The Morgan fingerprint density at radius 1 is 0.274 bits per heavy atom. The van der Waals surface area contributed by atoms with Crippen LogP contribution in [0.25, 0.3) is 0 Å². The van der Waals surface area contributed by atoms with Crippen LogP contribution in [-0.2, 0) is 19.1 Å². The van der Waals surface area contributed by atoms with Crippen molar-refractivity contribution in [3.63, 3.8) is 0 Å². The van der Waals surface area contributed by atoms with E-state index in [9.17, 15) is 14.7 Å². The molecule has 0 heterocycles. The first-order valence-electron chi connectivity index (χ1n) is 34.7. The minimum absolute atomic E-state index is 0.0763. The van der Waals surface area contributed by atoms with Crippen LogP contribution < -0.4 is 0 Å². The first-order chi connectivity index (χ1) is 41.6. The molecule has 0 aromatic carbocycles. The summed E-state index contributed by atoms with van der Waals surface area (Å²) < 4.78 is 10.8. The van der Waals surface area contributed by atoms with Gasteiger partial charge in [-0.15, -0.1) is 0 Å². The second-order valence-corrected chi connectivity index (χ2v) is 22.5. The van der Waals surface area contributed by atoms with E-state index in [2.05, 4.69) is 184 Å². The molecule has 5 heteroatoms. The number of hydrogen-bond donors (Lipinski definition) is 1. The van der Waals surface area contributed by atoms with Crippen molar-refractivity contribution in [2.75, 3.05) is 13.2 Å². The summed E-state index contributed by atoms with van der Waals surface area (Å²) in [5.41, 5.74) is 0. The third-order valence-corrected chi connectivity index (χ3v) is 14.5. The van der Waals surface area contributed by atoms with Gasteiger partial charge in [0.1, 0.15) is 6.61 Å². The van der Waals surface area contributed by atoms with Gasteiger partial charge in [0.25, 0.3) is 0 Å². The van der Waals surface area contributed by atoms with E-state index < -0.39 is 6.10 Å². The van der Waals surface area contributed by atoms with Crippen molar-refractivity contribution < 1.29 is 24.2 Å². The average Bonchev–Trinajstić information content (AvgIpc) is 3.51. The van der Waals surface area contributed by atoms with Crippen LogP contribution in [0.5, 0.6) is 0 Å². The Hall–Kier alpha value is -4.74. The van der Waals surface area contributed by atoms with E-state index in [1.54, 1.807) is 0 Å². The van der Waals surface area contributed by atoms with Crippen molar-refractivity contribution in [2.24, 2.45) is 0 Å². The topological polar surface area (TPSA) is 72.8 Å². The second kappa shape index (κ2) is 72.5. The molecule has 1 atom stereocenters. The third-order valence-electron chi connectivity index (χ3n) is 14.5. The molecule has 0 aromatic heterocycles. The SMILES string of the molecule is CC/C=C\C/C=C\C/C=C\C/C=C\C/C=C\C/C=C\C/C=C\CCCCCCCCCCCCCCCCCCCC(=O)OC(CO)COC(=O)CCCCCCCCCCC/C=C\C/C=C\C/C=C\C/C=C\C/C=C\C/C=C\C/C=C\CC. The van der Waals surface area contributed by atoms with Crippen LogP contribution in [0.15, 0.2) is 170 Å². The highest BCUT2D eigenvalue weighted by atomic mass is 16.6. The highest BCUT2D eigenvalue weighted by Crippen LogP contribution is 2.16. The van der Waals surface area contributed by atoms with Crippen LogP contribution >= 0.6 is 0 Å². The lowest BCUT2D eigenvalue weighted by atomic mass is 10.0. The number of aliphatic hydroxyl groups is 1. The molecule has 0 saturated carbocycles. The lowest BCUT2D eigenvalue weighted by molar-refractivity contribution is -0.161. The average molecular weight is 1160 g/mol. The predicted molar refractivity (Wildman–Crippen MR) is 370 cm³/mol. The number of esters is 2.